The molecule has 0 aliphatic heterocycles. The van der Waals surface area contributed by atoms with Crippen LogP contribution in [0, 0.1) is 13.8 Å². The Morgan fingerprint density at radius 1 is 1.23 bits per heavy atom. The summed E-state index contributed by atoms with van der Waals surface area (Å²) in [4.78, 5) is 25.6. The summed E-state index contributed by atoms with van der Waals surface area (Å²) in [6, 6.07) is 6.05. The largest absolute Gasteiger partial charge is 0.320 e. The van der Waals surface area contributed by atoms with Crippen molar-refractivity contribution in [2.45, 2.75) is 26.8 Å². The van der Waals surface area contributed by atoms with E-state index in [0.717, 1.165) is 10.4 Å². The molecule has 1 aromatic heterocycles. The number of anilines is 1. The third-order valence-electron chi connectivity index (χ3n) is 3.37. The number of thiophene rings is 1. The highest BCUT2D eigenvalue weighted by atomic mass is 35.5. The van der Waals surface area contributed by atoms with Crippen LogP contribution in [0.4, 0.5) is 5.00 Å². The zero-order chi connectivity index (χ0) is 16.4. The van der Waals surface area contributed by atoms with Gasteiger partial charge in [-0.25, -0.2) is 0 Å². The zero-order valence-electron chi connectivity index (χ0n) is 12.6. The second kappa shape index (κ2) is 6.60. The lowest BCUT2D eigenvalue weighted by Gasteiger charge is -2.09. The average Bonchev–Trinajstić information content (AvgIpc) is 2.73. The van der Waals surface area contributed by atoms with E-state index in [9.17, 15) is 9.59 Å². The van der Waals surface area contributed by atoms with E-state index in [-0.39, 0.29) is 11.7 Å². The van der Waals surface area contributed by atoms with Crippen molar-refractivity contribution in [3.05, 3.63) is 50.9 Å². The second-order valence-corrected chi connectivity index (χ2v) is 6.76. The maximum atomic E-state index is 12.7. The first-order valence-corrected chi connectivity index (χ1v) is 7.97. The van der Waals surface area contributed by atoms with Gasteiger partial charge in [0.25, 0.3) is 0 Å². The number of nitrogens with one attached hydrogen (secondary N) is 1. The van der Waals surface area contributed by atoms with Crippen LogP contribution in [-0.4, -0.2) is 17.7 Å². The molecular formula is C16H17ClN2O2S. The molecule has 1 unspecified atom stereocenters. The maximum Gasteiger partial charge on any atom is 0.241 e. The highest BCUT2D eigenvalue weighted by Gasteiger charge is 2.22. The fraction of sp³-hybridized carbons (Fsp3) is 0.250. The van der Waals surface area contributed by atoms with Gasteiger partial charge in [0.05, 0.1) is 11.6 Å². The molecule has 116 valence electrons. The monoisotopic (exact) mass is 336 g/mol. The highest BCUT2D eigenvalue weighted by molar-refractivity contribution is 7.16. The Hall–Kier alpha value is -1.69. The van der Waals surface area contributed by atoms with E-state index in [4.69, 9.17) is 17.3 Å². The molecule has 0 radical (unpaired) electrons. The summed E-state index contributed by atoms with van der Waals surface area (Å²) in [6.45, 7) is 5.39. The van der Waals surface area contributed by atoms with Gasteiger partial charge < -0.3 is 11.1 Å². The molecular weight excluding hydrogens is 320 g/mol. The Bertz CT molecular complexity index is 720. The summed E-state index contributed by atoms with van der Waals surface area (Å²) in [7, 11) is 0. The number of rotatable bonds is 4. The van der Waals surface area contributed by atoms with E-state index in [2.05, 4.69) is 5.32 Å². The normalized spacial score (nSPS) is 12.0. The SMILES string of the molecule is Cc1sc(NC(=O)C(C)N)c(C(=O)c2ccc(Cl)cc2)c1C. The topological polar surface area (TPSA) is 72.2 Å². The minimum absolute atomic E-state index is 0.140. The number of aryl methyl sites for hydroxylation is 1. The predicted molar refractivity (Wildman–Crippen MR) is 91.0 cm³/mol. The van der Waals surface area contributed by atoms with Crippen LogP contribution in [0.5, 0.6) is 0 Å². The Kier molecular flexibility index (Phi) is 5.01. The zero-order valence-corrected chi connectivity index (χ0v) is 14.1. The van der Waals surface area contributed by atoms with Crippen LogP contribution in [0.3, 0.4) is 0 Å². The third kappa shape index (κ3) is 3.38. The number of carbonyl (C=O) groups is 2. The quantitative estimate of drug-likeness (QED) is 0.839. The second-order valence-electron chi connectivity index (χ2n) is 5.10. The summed E-state index contributed by atoms with van der Waals surface area (Å²) in [5.74, 6) is -0.454. The van der Waals surface area contributed by atoms with Gasteiger partial charge in [0.2, 0.25) is 5.91 Å². The number of carbonyl (C=O) groups excluding carboxylic acids is 2. The van der Waals surface area contributed by atoms with Crippen molar-refractivity contribution in [1.29, 1.82) is 0 Å². The molecule has 22 heavy (non-hydrogen) atoms. The summed E-state index contributed by atoms with van der Waals surface area (Å²) in [5, 5.41) is 3.85. The van der Waals surface area contributed by atoms with Crippen molar-refractivity contribution in [2.75, 3.05) is 5.32 Å². The summed E-state index contributed by atoms with van der Waals surface area (Å²) < 4.78 is 0. The molecule has 2 aromatic rings. The molecule has 0 saturated carbocycles. The summed E-state index contributed by atoms with van der Waals surface area (Å²) in [5.41, 5.74) is 7.48. The minimum atomic E-state index is -0.638. The van der Waals surface area contributed by atoms with Gasteiger partial charge in [-0.2, -0.15) is 0 Å². The van der Waals surface area contributed by atoms with E-state index in [1.165, 1.54) is 11.3 Å². The van der Waals surface area contributed by atoms with E-state index < -0.39 is 6.04 Å². The lowest BCUT2D eigenvalue weighted by molar-refractivity contribution is -0.117. The maximum absolute atomic E-state index is 12.7. The Morgan fingerprint density at radius 2 is 1.82 bits per heavy atom. The molecule has 0 fully saturated rings. The standard InChI is InChI=1S/C16H17ClN2O2S/c1-8-10(3)22-16(19-15(21)9(2)18)13(8)14(20)11-4-6-12(17)7-5-11/h4-7,9H,18H2,1-3H3,(H,19,21). The van der Waals surface area contributed by atoms with Crippen LogP contribution in [0.2, 0.25) is 5.02 Å². The van der Waals surface area contributed by atoms with Gasteiger partial charge in [0, 0.05) is 15.5 Å². The third-order valence-corrected chi connectivity index (χ3v) is 4.74. The molecule has 0 bridgehead atoms. The summed E-state index contributed by atoms with van der Waals surface area (Å²) >= 11 is 7.23. The van der Waals surface area contributed by atoms with E-state index >= 15 is 0 Å². The molecule has 0 saturated heterocycles. The number of ketones is 1. The molecule has 4 nitrogen and oxygen atoms in total. The molecule has 1 heterocycles. The molecule has 0 aliphatic carbocycles. The molecule has 1 aromatic carbocycles. The lowest BCUT2D eigenvalue weighted by Crippen LogP contribution is -2.32. The molecule has 0 aliphatic rings. The van der Waals surface area contributed by atoms with Gasteiger partial charge >= 0.3 is 0 Å². The molecule has 0 spiro atoms. The van der Waals surface area contributed by atoms with Crippen molar-refractivity contribution < 1.29 is 9.59 Å². The van der Waals surface area contributed by atoms with Crippen LogP contribution >= 0.6 is 22.9 Å². The van der Waals surface area contributed by atoms with Gasteiger partial charge in [0.1, 0.15) is 5.00 Å². The van der Waals surface area contributed by atoms with E-state index in [1.807, 2.05) is 13.8 Å². The van der Waals surface area contributed by atoms with E-state index in [0.29, 0.717) is 21.2 Å². The van der Waals surface area contributed by atoms with Crippen molar-refractivity contribution in [2.24, 2.45) is 5.73 Å². The molecule has 2 rings (SSSR count). The van der Waals surface area contributed by atoms with Gasteiger partial charge in [-0.05, 0) is 50.6 Å². The number of halogens is 1. The van der Waals surface area contributed by atoms with Crippen molar-refractivity contribution in [3.63, 3.8) is 0 Å². The Balaban J connectivity index is 2.43. The Labute approximate surface area is 138 Å². The number of hydrogen-bond acceptors (Lipinski definition) is 4. The fourth-order valence-corrected chi connectivity index (χ4v) is 3.15. The molecule has 3 N–H and O–H groups in total. The molecule has 6 heteroatoms. The van der Waals surface area contributed by atoms with Crippen LogP contribution in [-0.2, 0) is 4.79 Å². The fourth-order valence-electron chi connectivity index (χ4n) is 1.96. The van der Waals surface area contributed by atoms with Crippen LogP contribution in [0.15, 0.2) is 24.3 Å². The van der Waals surface area contributed by atoms with Gasteiger partial charge in [-0.15, -0.1) is 11.3 Å². The highest BCUT2D eigenvalue weighted by Crippen LogP contribution is 2.34. The van der Waals surface area contributed by atoms with Gasteiger partial charge in [-0.1, -0.05) is 11.6 Å². The number of hydrogen-bond donors (Lipinski definition) is 2. The lowest BCUT2D eigenvalue weighted by atomic mass is 10.0. The molecule has 1 atom stereocenters. The van der Waals surface area contributed by atoms with Gasteiger partial charge in [-0.3, -0.25) is 9.59 Å². The smallest absolute Gasteiger partial charge is 0.241 e. The van der Waals surface area contributed by atoms with Crippen molar-refractivity contribution in [3.8, 4) is 0 Å². The first-order valence-electron chi connectivity index (χ1n) is 6.78. The molecule has 1 amide bonds. The first-order chi connectivity index (χ1) is 10.3. The van der Waals surface area contributed by atoms with Crippen molar-refractivity contribution in [1.82, 2.24) is 0 Å². The van der Waals surface area contributed by atoms with Crippen LogP contribution in [0.25, 0.3) is 0 Å². The number of amides is 1. The predicted octanol–water partition coefficient (Wildman–Crippen LogP) is 3.54. The van der Waals surface area contributed by atoms with Crippen LogP contribution < -0.4 is 11.1 Å². The van der Waals surface area contributed by atoms with E-state index in [1.54, 1.807) is 31.2 Å². The van der Waals surface area contributed by atoms with Crippen molar-refractivity contribution >= 4 is 39.6 Å². The summed E-state index contributed by atoms with van der Waals surface area (Å²) in [6.07, 6.45) is 0. The number of nitrogens with two attached hydrogens (primary N) is 1. The number of benzene rings is 1. The first kappa shape index (κ1) is 16.7. The van der Waals surface area contributed by atoms with Crippen LogP contribution in [0.1, 0.15) is 33.3 Å². The minimum Gasteiger partial charge on any atom is -0.320 e. The Morgan fingerprint density at radius 3 is 2.36 bits per heavy atom. The average molecular weight is 337 g/mol. The van der Waals surface area contributed by atoms with Gasteiger partial charge in [0.15, 0.2) is 5.78 Å².